The van der Waals surface area contributed by atoms with Gasteiger partial charge in [-0.05, 0) is 12.8 Å². The van der Waals surface area contributed by atoms with Crippen LogP contribution in [-0.4, -0.2) is 73.4 Å². The van der Waals surface area contributed by atoms with Gasteiger partial charge in [0.15, 0.2) is 0 Å². The molecule has 0 aromatic rings. The molecule has 0 bridgehead atoms. The number of quaternary nitrogens is 1. The lowest BCUT2D eigenvalue weighted by Gasteiger charge is -2.26. The molecule has 8 nitrogen and oxygen atoms in total. The minimum Gasteiger partial charge on any atom is -0.391 e. The number of carbonyl (C=O) groups is 1. The summed E-state index contributed by atoms with van der Waals surface area (Å²) >= 11 is 0. The summed E-state index contributed by atoms with van der Waals surface area (Å²) < 4.78 is 23.6. The Labute approximate surface area is 310 Å². The Hall–Kier alpha value is -0.500. The smallest absolute Gasteiger partial charge is 0.391 e. The van der Waals surface area contributed by atoms with E-state index >= 15 is 0 Å². The molecule has 0 spiro atoms. The van der Waals surface area contributed by atoms with Gasteiger partial charge in [0, 0.05) is 6.42 Å². The summed E-state index contributed by atoms with van der Waals surface area (Å²) in [5.74, 6) is -0.144. The Bertz CT molecular complexity index is 794. The van der Waals surface area contributed by atoms with Crippen LogP contribution < -0.4 is 5.32 Å². The lowest BCUT2D eigenvalue weighted by Crippen LogP contribution is -2.46. The molecule has 3 N–H and O–H groups in total. The number of aliphatic hydroxyl groups is 1. The monoisotopic (exact) mass is 734 g/mol. The first kappa shape index (κ1) is 49.5. The van der Waals surface area contributed by atoms with Gasteiger partial charge in [0.25, 0.3) is 0 Å². The van der Waals surface area contributed by atoms with Crippen molar-refractivity contribution < 1.29 is 32.9 Å². The minimum absolute atomic E-state index is 0.0783. The van der Waals surface area contributed by atoms with Crippen LogP contribution in [0, 0.1) is 0 Å². The predicted molar refractivity (Wildman–Crippen MR) is 212 cm³/mol. The molecule has 50 heavy (non-hydrogen) atoms. The maximum Gasteiger partial charge on any atom is 0.472 e. The van der Waals surface area contributed by atoms with E-state index in [4.69, 9.17) is 9.05 Å². The summed E-state index contributed by atoms with van der Waals surface area (Å²) in [6.07, 6.45) is 35.5. The van der Waals surface area contributed by atoms with Crippen LogP contribution in [0.4, 0.5) is 0 Å². The van der Waals surface area contributed by atoms with Crippen LogP contribution >= 0.6 is 7.82 Å². The molecule has 300 valence electrons. The van der Waals surface area contributed by atoms with Crippen LogP contribution in [-0.2, 0) is 18.4 Å². The molecule has 0 aromatic carbocycles. The molecular weight excluding hydrogens is 647 g/mol. The maximum absolute atomic E-state index is 12.8. The van der Waals surface area contributed by atoms with Gasteiger partial charge >= 0.3 is 7.82 Å². The van der Waals surface area contributed by atoms with Gasteiger partial charge in [0.05, 0.1) is 39.9 Å². The van der Waals surface area contributed by atoms with Gasteiger partial charge in [-0.25, -0.2) is 4.57 Å². The molecule has 0 heterocycles. The van der Waals surface area contributed by atoms with E-state index in [9.17, 15) is 19.4 Å². The van der Waals surface area contributed by atoms with Crippen molar-refractivity contribution in [3.05, 3.63) is 0 Å². The van der Waals surface area contributed by atoms with Crippen LogP contribution in [0.1, 0.15) is 206 Å². The Kier molecular flexibility index (Phi) is 33.9. The van der Waals surface area contributed by atoms with E-state index in [-0.39, 0.29) is 19.1 Å². The van der Waals surface area contributed by atoms with Gasteiger partial charge in [0.1, 0.15) is 13.2 Å². The summed E-state index contributed by atoms with van der Waals surface area (Å²) in [6.45, 7) is 4.89. The summed E-state index contributed by atoms with van der Waals surface area (Å²) in [4.78, 5) is 23.0. The lowest BCUT2D eigenvalue weighted by molar-refractivity contribution is -0.870. The minimum atomic E-state index is -4.30. The van der Waals surface area contributed by atoms with Crippen molar-refractivity contribution in [2.75, 3.05) is 40.9 Å². The number of rotatable bonds is 39. The zero-order valence-electron chi connectivity index (χ0n) is 33.9. The molecular formula is C41H86N2O6P+. The highest BCUT2D eigenvalue weighted by molar-refractivity contribution is 7.47. The third kappa shape index (κ3) is 35.9. The molecule has 1 amide bonds. The molecule has 0 radical (unpaired) electrons. The van der Waals surface area contributed by atoms with Crippen molar-refractivity contribution in [1.29, 1.82) is 0 Å². The zero-order chi connectivity index (χ0) is 37.2. The third-order valence-electron chi connectivity index (χ3n) is 9.86. The SMILES string of the molecule is CCCCCCCCCCCCCCCCCCC[C@@H](O)[C@H](COP(=O)(O)OCC[N+](C)(C)C)NC(=O)CCCCCCCCCCCCC. The lowest BCUT2D eigenvalue weighted by atomic mass is 10.0. The van der Waals surface area contributed by atoms with Crippen molar-refractivity contribution in [2.45, 2.75) is 219 Å². The van der Waals surface area contributed by atoms with Crippen molar-refractivity contribution in [3.63, 3.8) is 0 Å². The highest BCUT2D eigenvalue weighted by Gasteiger charge is 2.28. The number of unbranched alkanes of at least 4 members (excludes halogenated alkanes) is 26. The Balaban J connectivity index is 4.34. The van der Waals surface area contributed by atoms with E-state index in [1.165, 1.54) is 141 Å². The largest absolute Gasteiger partial charge is 0.472 e. The number of phosphoric ester groups is 1. The molecule has 3 atom stereocenters. The van der Waals surface area contributed by atoms with Gasteiger partial charge < -0.3 is 19.8 Å². The van der Waals surface area contributed by atoms with Crippen LogP contribution in [0.5, 0.6) is 0 Å². The van der Waals surface area contributed by atoms with Crippen molar-refractivity contribution >= 4 is 13.7 Å². The number of phosphoric acid groups is 1. The van der Waals surface area contributed by atoms with E-state index in [1.54, 1.807) is 0 Å². The van der Waals surface area contributed by atoms with E-state index in [0.29, 0.717) is 23.9 Å². The number of nitrogens with one attached hydrogen (secondary N) is 1. The van der Waals surface area contributed by atoms with Crippen LogP contribution in [0.2, 0.25) is 0 Å². The molecule has 1 unspecified atom stereocenters. The van der Waals surface area contributed by atoms with Crippen LogP contribution in [0.25, 0.3) is 0 Å². The molecule has 0 aliphatic rings. The summed E-state index contributed by atoms with van der Waals surface area (Å²) in [5.41, 5.74) is 0. The molecule has 0 fully saturated rings. The average molecular weight is 734 g/mol. The van der Waals surface area contributed by atoms with Crippen molar-refractivity contribution in [1.82, 2.24) is 5.32 Å². The molecule has 0 rings (SSSR count). The topological polar surface area (TPSA) is 105 Å². The summed E-state index contributed by atoms with van der Waals surface area (Å²) in [5, 5.41) is 13.9. The van der Waals surface area contributed by atoms with Gasteiger partial charge in [0.2, 0.25) is 5.91 Å². The van der Waals surface area contributed by atoms with Gasteiger partial charge in [-0.15, -0.1) is 0 Å². The number of likely N-dealkylation sites (N-methyl/N-ethyl adjacent to an activating group) is 1. The molecule has 0 saturated heterocycles. The quantitative estimate of drug-likeness (QED) is 0.0330. The van der Waals surface area contributed by atoms with E-state index in [0.717, 1.165) is 38.5 Å². The number of aliphatic hydroxyl groups excluding tert-OH is 1. The van der Waals surface area contributed by atoms with E-state index < -0.39 is 20.0 Å². The number of carbonyl (C=O) groups excluding carboxylic acids is 1. The Morgan fingerprint density at radius 1 is 0.600 bits per heavy atom. The second kappa shape index (κ2) is 34.3. The second-order valence-corrected chi connectivity index (χ2v) is 17.5. The fourth-order valence-corrected chi connectivity index (χ4v) is 7.13. The maximum atomic E-state index is 12.8. The normalized spacial score (nSPS) is 14.5. The van der Waals surface area contributed by atoms with Crippen LogP contribution in [0.3, 0.4) is 0 Å². The number of amides is 1. The molecule has 0 aliphatic heterocycles. The van der Waals surface area contributed by atoms with Crippen LogP contribution in [0.15, 0.2) is 0 Å². The zero-order valence-corrected chi connectivity index (χ0v) is 34.8. The molecule has 0 saturated carbocycles. The predicted octanol–water partition coefficient (Wildman–Crippen LogP) is 11.4. The van der Waals surface area contributed by atoms with E-state index in [2.05, 4.69) is 19.2 Å². The first-order valence-corrected chi connectivity index (χ1v) is 22.9. The van der Waals surface area contributed by atoms with Gasteiger partial charge in [-0.1, -0.05) is 187 Å². The molecule has 9 heteroatoms. The second-order valence-electron chi connectivity index (χ2n) is 16.1. The molecule has 0 aliphatic carbocycles. The fourth-order valence-electron chi connectivity index (χ4n) is 6.40. The highest BCUT2D eigenvalue weighted by atomic mass is 31.2. The number of nitrogens with zero attached hydrogens (tertiary/aromatic N) is 1. The van der Waals surface area contributed by atoms with Gasteiger partial charge in [-0.3, -0.25) is 13.8 Å². The first-order chi connectivity index (χ1) is 24.0. The molecule has 0 aromatic heterocycles. The average Bonchev–Trinajstić information content (AvgIpc) is 3.06. The summed E-state index contributed by atoms with van der Waals surface area (Å²) in [7, 11) is 1.63. The fraction of sp³-hybridized carbons (Fsp3) is 0.976. The van der Waals surface area contributed by atoms with Crippen molar-refractivity contribution in [2.24, 2.45) is 0 Å². The van der Waals surface area contributed by atoms with Gasteiger partial charge in [-0.2, -0.15) is 0 Å². The van der Waals surface area contributed by atoms with E-state index in [1.807, 2.05) is 21.1 Å². The standard InChI is InChI=1S/C41H85N2O6P/c1-6-8-10-12-14-16-18-19-20-21-22-23-25-26-28-30-32-34-40(44)39(38-49-50(46,47)48-37-36-43(3,4)5)42-41(45)35-33-31-29-27-24-17-15-13-11-9-7-2/h39-40,44H,6-38H2,1-5H3,(H-,42,45,46,47)/p+1/t39-,40+/m0/s1. The first-order valence-electron chi connectivity index (χ1n) is 21.4. The Morgan fingerprint density at radius 3 is 1.34 bits per heavy atom. The number of hydrogen-bond donors (Lipinski definition) is 3. The number of hydrogen-bond acceptors (Lipinski definition) is 5. The Morgan fingerprint density at radius 2 is 0.960 bits per heavy atom. The summed E-state index contributed by atoms with van der Waals surface area (Å²) in [6, 6.07) is -0.751. The highest BCUT2D eigenvalue weighted by Crippen LogP contribution is 2.43. The third-order valence-corrected chi connectivity index (χ3v) is 10.8. The van der Waals surface area contributed by atoms with Crippen molar-refractivity contribution in [3.8, 4) is 0 Å².